The number of benzene rings is 1. The molecule has 0 aromatic heterocycles. The maximum atomic E-state index is 12.8. The van der Waals surface area contributed by atoms with Gasteiger partial charge in [-0.3, -0.25) is 0 Å². The molecule has 0 fully saturated rings. The van der Waals surface area contributed by atoms with E-state index in [4.69, 9.17) is 9.84 Å². The Morgan fingerprint density at radius 1 is 1.09 bits per heavy atom. The maximum Gasteiger partial charge on any atom is 0.341 e. The molecular weight excluding hydrogens is 460 g/mol. The first kappa shape index (κ1) is 29.0. The molecule has 0 spiro atoms. The summed E-state index contributed by atoms with van der Waals surface area (Å²) in [5.41, 5.74) is 0.700. The summed E-state index contributed by atoms with van der Waals surface area (Å²) in [6, 6.07) is 6.28. The van der Waals surface area contributed by atoms with Crippen LogP contribution in [0.1, 0.15) is 44.6 Å². The number of carboxylic acid groups (broad SMARTS) is 1. The van der Waals surface area contributed by atoms with Crippen LogP contribution < -0.4 is 0 Å². The smallest absolute Gasteiger partial charge is 0.341 e. The average molecular weight is 493 g/mol. The standard InChI is InChI=1S/C25H32O8S/c1-5-18(3)24(29)33-25(30)21(8-6-7-14-26)16-20(19(4)23(27)28)13-15-34(31,32)22-11-9-17(2)10-12-22/h9-12,16,20,26H,3-8,13-15H2,1-2H3,(H,27,28). The van der Waals surface area contributed by atoms with Crippen LogP contribution in [-0.2, 0) is 29.0 Å². The fraction of sp³-hybridized carbons (Fsp3) is 0.400. The van der Waals surface area contributed by atoms with Crippen LogP contribution in [0.15, 0.2) is 65.1 Å². The first-order valence-corrected chi connectivity index (χ1v) is 12.6. The van der Waals surface area contributed by atoms with Gasteiger partial charge in [-0.05, 0) is 51.2 Å². The number of allylic oxidation sites excluding steroid dienone is 1. The van der Waals surface area contributed by atoms with Crippen molar-refractivity contribution in [2.24, 2.45) is 5.92 Å². The minimum atomic E-state index is -3.72. The number of ether oxygens (including phenoxy) is 1. The highest BCUT2D eigenvalue weighted by atomic mass is 32.2. The Labute approximate surface area is 200 Å². The minimum Gasteiger partial charge on any atom is -0.478 e. The summed E-state index contributed by atoms with van der Waals surface area (Å²) >= 11 is 0. The van der Waals surface area contributed by atoms with Crippen LogP contribution in [0.2, 0.25) is 0 Å². The van der Waals surface area contributed by atoms with Gasteiger partial charge < -0.3 is 14.9 Å². The Balaban J connectivity index is 3.22. The van der Waals surface area contributed by atoms with Gasteiger partial charge in [-0.2, -0.15) is 0 Å². The number of aliphatic hydroxyl groups excluding tert-OH is 1. The number of esters is 2. The van der Waals surface area contributed by atoms with E-state index in [0.717, 1.165) is 5.56 Å². The fourth-order valence-corrected chi connectivity index (χ4v) is 4.30. The molecule has 0 aliphatic rings. The van der Waals surface area contributed by atoms with E-state index in [2.05, 4.69) is 13.2 Å². The number of carboxylic acids is 1. The first-order valence-electron chi connectivity index (χ1n) is 10.9. The highest BCUT2D eigenvalue weighted by molar-refractivity contribution is 7.91. The third kappa shape index (κ3) is 9.07. The van der Waals surface area contributed by atoms with Crippen molar-refractivity contribution in [1.29, 1.82) is 0 Å². The predicted molar refractivity (Wildman–Crippen MR) is 128 cm³/mol. The van der Waals surface area contributed by atoms with Crippen molar-refractivity contribution in [3.8, 4) is 0 Å². The molecule has 0 saturated carbocycles. The zero-order valence-corrected chi connectivity index (χ0v) is 20.4. The second-order valence-electron chi connectivity index (χ2n) is 7.86. The largest absolute Gasteiger partial charge is 0.478 e. The molecule has 0 bridgehead atoms. The molecule has 0 heterocycles. The zero-order valence-electron chi connectivity index (χ0n) is 19.6. The van der Waals surface area contributed by atoms with E-state index in [1.54, 1.807) is 19.1 Å². The highest BCUT2D eigenvalue weighted by Crippen LogP contribution is 2.24. The molecule has 0 aliphatic heterocycles. The SMILES string of the molecule is C=C(CC)C(=O)OC(=O)C(=CC(CCS(=O)(=O)c1ccc(C)cc1)C(=C)C(=O)O)CCCCO. The Hall–Kier alpha value is -3.04. The van der Waals surface area contributed by atoms with Crippen LogP contribution >= 0.6 is 0 Å². The van der Waals surface area contributed by atoms with E-state index < -0.39 is 33.7 Å². The van der Waals surface area contributed by atoms with Crippen molar-refractivity contribution >= 4 is 27.7 Å². The number of carbonyl (C=O) groups excluding carboxylic acids is 2. The lowest BCUT2D eigenvalue weighted by Crippen LogP contribution is -2.19. The molecule has 1 aromatic rings. The summed E-state index contributed by atoms with van der Waals surface area (Å²) in [7, 11) is -3.72. The van der Waals surface area contributed by atoms with Gasteiger partial charge in [0.25, 0.3) is 0 Å². The van der Waals surface area contributed by atoms with Crippen molar-refractivity contribution in [3.05, 3.63) is 65.8 Å². The van der Waals surface area contributed by atoms with Crippen LogP contribution in [0, 0.1) is 12.8 Å². The van der Waals surface area contributed by atoms with Crippen LogP contribution in [0.25, 0.3) is 0 Å². The summed E-state index contributed by atoms with van der Waals surface area (Å²) in [6.07, 6.45) is 2.27. The third-order valence-corrected chi connectivity index (χ3v) is 6.98. The topological polar surface area (TPSA) is 135 Å². The van der Waals surface area contributed by atoms with Crippen molar-refractivity contribution in [2.75, 3.05) is 12.4 Å². The van der Waals surface area contributed by atoms with Crippen LogP contribution in [0.3, 0.4) is 0 Å². The summed E-state index contributed by atoms with van der Waals surface area (Å²) in [5.74, 6) is -4.58. The summed E-state index contributed by atoms with van der Waals surface area (Å²) < 4.78 is 30.4. The number of unbranched alkanes of at least 4 members (excludes halogenated alkanes) is 1. The molecule has 1 rings (SSSR count). The maximum absolute atomic E-state index is 12.8. The summed E-state index contributed by atoms with van der Waals surface area (Å²) in [6.45, 7) is 10.4. The van der Waals surface area contributed by atoms with Crippen molar-refractivity contribution in [1.82, 2.24) is 0 Å². The average Bonchev–Trinajstić information content (AvgIpc) is 2.79. The number of aliphatic hydroxyl groups is 1. The van der Waals surface area contributed by atoms with Crippen LogP contribution in [-0.4, -0.2) is 48.9 Å². The predicted octanol–water partition coefficient (Wildman–Crippen LogP) is 3.54. The normalized spacial score (nSPS) is 12.6. The van der Waals surface area contributed by atoms with Crippen LogP contribution in [0.4, 0.5) is 0 Å². The number of sulfone groups is 1. The second kappa shape index (κ2) is 13.6. The first-order chi connectivity index (χ1) is 15.9. The number of aliphatic carboxylic acids is 1. The lowest BCUT2D eigenvalue weighted by Gasteiger charge is -2.16. The van der Waals surface area contributed by atoms with Gasteiger partial charge in [0, 0.05) is 29.2 Å². The van der Waals surface area contributed by atoms with Gasteiger partial charge in [0.15, 0.2) is 9.84 Å². The van der Waals surface area contributed by atoms with E-state index in [0.29, 0.717) is 12.8 Å². The highest BCUT2D eigenvalue weighted by Gasteiger charge is 2.25. The third-order valence-electron chi connectivity index (χ3n) is 5.22. The molecule has 186 valence electrons. The van der Waals surface area contributed by atoms with E-state index in [1.165, 1.54) is 18.2 Å². The number of aryl methyl sites for hydroxylation is 1. The number of hydrogen-bond acceptors (Lipinski definition) is 7. The molecule has 1 aromatic carbocycles. The van der Waals surface area contributed by atoms with Gasteiger partial charge in [-0.25, -0.2) is 22.8 Å². The molecule has 1 unspecified atom stereocenters. The van der Waals surface area contributed by atoms with Gasteiger partial charge in [-0.15, -0.1) is 0 Å². The molecule has 8 nitrogen and oxygen atoms in total. The van der Waals surface area contributed by atoms with Gasteiger partial charge >= 0.3 is 17.9 Å². The lowest BCUT2D eigenvalue weighted by atomic mass is 9.93. The van der Waals surface area contributed by atoms with Gasteiger partial charge in [0.1, 0.15) is 0 Å². The summed E-state index contributed by atoms with van der Waals surface area (Å²) in [5, 5.41) is 18.5. The monoisotopic (exact) mass is 492 g/mol. The molecular formula is C25H32O8S. The Bertz CT molecular complexity index is 1050. The molecule has 9 heteroatoms. The number of hydrogen-bond donors (Lipinski definition) is 2. The Morgan fingerprint density at radius 3 is 2.24 bits per heavy atom. The van der Waals surface area contributed by atoms with E-state index in [9.17, 15) is 27.9 Å². The van der Waals surface area contributed by atoms with Crippen molar-refractivity contribution in [3.63, 3.8) is 0 Å². The number of rotatable bonds is 14. The van der Waals surface area contributed by atoms with Gasteiger partial charge in [-0.1, -0.05) is 43.9 Å². The van der Waals surface area contributed by atoms with Gasteiger partial charge in [0.05, 0.1) is 10.6 Å². The van der Waals surface area contributed by atoms with E-state index in [1.807, 2.05) is 6.92 Å². The van der Waals surface area contributed by atoms with Gasteiger partial charge in [0.2, 0.25) is 0 Å². The summed E-state index contributed by atoms with van der Waals surface area (Å²) in [4.78, 5) is 36.3. The molecule has 0 radical (unpaired) electrons. The molecule has 0 saturated heterocycles. The Morgan fingerprint density at radius 2 is 1.71 bits per heavy atom. The van der Waals surface area contributed by atoms with Crippen molar-refractivity contribution < 1.29 is 37.8 Å². The quantitative estimate of drug-likeness (QED) is 0.174. The second-order valence-corrected chi connectivity index (χ2v) is 9.97. The van der Waals surface area contributed by atoms with Crippen LogP contribution in [0.5, 0.6) is 0 Å². The molecule has 0 aliphatic carbocycles. The molecule has 2 N–H and O–H groups in total. The molecule has 1 atom stereocenters. The molecule has 0 amide bonds. The Kier molecular flexibility index (Phi) is 11.6. The zero-order chi connectivity index (χ0) is 25.9. The van der Waals surface area contributed by atoms with E-state index in [-0.39, 0.29) is 53.2 Å². The fourth-order valence-electron chi connectivity index (χ4n) is 2.95. The minimum absolute atomic E-state index is 0.00540. The molecule has 34 heavy (non-hydrogen) atoms. The van der Waals surface area contributed by atoms with Crippen molar-refractivity contribution in [2.45, 2.75) is 50.8 Å². The lowest BCUT2D eigenvalue weighted by molar-refractivity contribution is -0.154. The van der Waals surface area contributed by atoms with E-state index >= 15 is 0 Å². The number of carbonyl (C=O) groups is 3.